The van der Waals surface area contributed by atoms with E-state index < -0.39 is 74.1 Å². The van der Waals surface area contributed by atoms with Crippen LogP contribution in [0, 0.1) is 29.1 Å². The molecule has 7 rings (SSSR count). The molecule has 17 heteroatoms. The Balaban J connectivity index is 1.36. The second-order valence-electron chi connectivity index (χ2n) is 14.5. The number of rotatable bonds is 15. The van der Waals surface area contributed by atoms with E-state index in [9.17, 15) is 24.2 Å². The molecule has 4 aliphatic rings. The number of hydrogen-bond acceptors (Lipinski definition) is 14. The maximum Gasteiger partial charge on any atom is 0.459 e. The van der Waals surface area contributed by atoms with Crippen LogP contribution in [-0.4, -0.2) is 70.1 Å². The number of benzene rings is 1. The van der Waals surface area contributed by atoms with Gasteiger partial charge in [-0.1, -0.05) is 39.8 Å². The van der Waals surface area contributed by atoms with E-state index in [1.807, 2.05) is 12.1 Å². The molecule has 2 aromatic heterocycles. The van der Waals surface area contributed by atoms with Crippen molar-refractivity contribution in [3.63, 3.8) is 0 Å². The summed E-state index contributed by atoms with van der Waals surface area (Å²) in [7, 11) is -4.47. The minimum absolute atomic E-state index is 0.0808. The van der Waals surface area contributed by atoms with Gasteiger partial charge in [-0.3, -0.25) is 18.9 Å². The van der Waals surface area contributed by atoms with Crippen molar-refractivity contribution in [2.45, 2.75) is 96.2 Å². The third-order valence-electron chi connectivity index (χ3n) is 10.0. The van der Waals surface area contributed by atoms with Crippen LogP contribution in [0.3, 0.4) is 0 Å². The second kappa shape index (κ2) is 14.7. The molecular weight excluding hydrogens is 707 g/mol. The first-order chi connectivity index (χ1) is 25.1. The summed E-state index contributed by atoms with van der Waals surface area (Å²) in [6.07, 6.45) is 0.222. The number of nitrogens with one attached hydrogen (secondary N) is 1. The number of carbonyl (C=O) groups excluding carboxylic acids is 3. The average Bonchev–Trinajstić information content (AvgIpc) is 3.64. The van der Waals surface area contributed by atoms with Crippen molar-refractivity contribution in [2.75, 3.05) is 18.9 Å². The van der Waals surface area contributed by atoms with Crippen LogP contribution in [0.4, 0.5) is 5.82 Å². The zero-order valence-corrected chi connectivity index (χ0v) is 31.4. The van der Waals surface area contributed by atoms with Crippen LogP contribution in [0.1, 0.15) is 72.1 Å². The molecular formula is C36H45N6O10P. The maximum absolute atomic E-state index is 14.6. The van der Waals surface area contributed by atoms with E-state index in [-0.39, 0.29) is 29.3 Å². The van der Waals surface area contributed by atoms with Gasteiger partial charge in [-0.2, -0.15) is 15.4 Å². The standard InChI is InChI=1S/C36H45N6O10P/c1-7-47-34(45)22(6)41-53(46,52-25-10-8-24(9-11-25)35-14-23(15-35)16-35)48-17-27-29(49-32(43)20(2)3)30(50-33(44)21(4)5)36(18-37,51-27)28-13-12-26-31(38)39-19-40-42(26)28/h8-13,19-23,27,29-30H,7,14-17H2,1-6H3,(H,41,46)(H2,38,39,40)/t22-,23?,27+,29+,30+,35?,36-,53?/m0/s1. The first-order valence-corrected chi connectivity index (χ1v) is 19.3. The molecule has 0 amide bonds. The highest BCUT2D eigenvalue weighted by molar-refractivity contribution is 7.52. The molecule has 53 heavy (non-hydrogen) atoms. The van der Waals surface area contributed by atoms with Crippen LogP contribution in [0.5, 0.6) is 5.75 Å². The van der Waals surface area contributed by atoms with E-state index in [4.69, 9.17) is 33.7 Å². The molecule has 4 fully saturated rings. The maximum atomic E-state index is 14.6. The molecule has 3 heterocycles. The van der Waals surface area contributed by atoms with Gasteiger partial charge in [0, 0.05) is 0 Å². The fraction of sp³-hybridized carbons (Fsp3) is 0.556. The number of nitrogen functional groups attached to an aromatic ring is 1. The number of carbonyl (C=O) groups is 3. The van der Waals surface area contributed by atoms with E-state index in [1.54, 1.807) is 52.8 Å². The van der Waals surface area contributed by atoms with Crippen LogP contribution in [0.15, 0.2) is 42.7 Å². The fourth-order valence-corrected chi connectivity index (χ4v) is 8.50. The normalized spacial score (nSPS) is 27.6. The molecule has 6 atom stereocenters. The highest BCUT2D eigenvalue weighted by Gasteiger charge is 2.63. The van der Waals surface area contributed by atoms with Gasteiger partial charge in [0.15, 0.2) is 18.0 Å². The largest absolute Gasteiger partial charge is 0.465 e. The van der Waals surface area contributed by atoms with Gasteiger partial charge in [0.25, 0.3) is 0 Å². The van der Waals surface area contributed by atoms with E-state index in [1.165, 1.54) is 29.4 Å². The summed E-state index contributed by atoms with van der Waals surface area (Å²) in [6.45, 7) is 8.96. The summed E-state index contributed by atoms with van der Waals surface area (Å²) < 4.78 is 51.2. The van der Waals surface area contributed by atoms with Gasteiger partial charge in [-0.15, -0.1) is 0 Å². The average molecular weight is 753 g/mol. The number of nitrogens with zero attached hydrogens (tertiary/aromatic N) is 4. The SMILES string of the molecule is CCOC(=O)[C@H](C)NP(=O)(OC[C@H]1O[C@@](C#N)(c2ccc3c(N)ncnn23)[C@H](OC(=O)C(C)C)[C@@H]1OC(=O)C(C)C)Oc1ccc(C23CC(C2)C3)cc1. The van der Waals surface area contributed by atoms with Crippen LogP contribution in [-0.2, 0) is 53.4 Å². The van der Waals surface area contributed by atoms with Crippen molar-refractivity contribution in [3.05, 3.63) is 54.0 Å². The lowest BCUT2D eigenvalue weighted by Gasteiger charge is -2.62. The minimum atomic E-state index is -4.47. The predicted octanol–water partition coefficient (Wildman–Crippen LogP) is 4.36. The summed E-state index contributed by atoms with van der Waals surface area (Å²) in [5.74, 6) is -2.29. The van der Waals surface area contributed by atoms with Crippen molar-refractivity contribution < 1.29 is 46.9 Å². The van der Waals surface area contributed by atoms with E-state index in [0.29, 0.717) is 5.52 Å². The Hall–Kier alpha value is -4.55. The van der Waals surface area contributed by atoms with Gasteiger partial charge in [-0.05, 0) is 74.3 Å². The van der Waals surface area contributed by atoms with Gasteiger partial charge in [0.2, 0.25) is 5.60 Å². The number of nitrogens with two attached hydrogens (primary N) is 1. The number of aromatic nitrogens is 3. The quantitative estimate of drug-likeness (QED) is 0.125. The lowest BCUT2D eigenvalue weighted by atomic mass is 9.42. The van der Waals surface area contributed by atoms with Gasteiger partial charge in [0.1, 0.15) is 35.8 Å². The molecule has 0 spiro atoms. The zero-order valence-electron chi connectivity index (χ0n) is 30.5. The zero-order chi connectivity index (χ0) is 38.3. The highest BCUT2D eigenvalue weighted by Crippen LogP contribution is 2.65. The Morgan fingerprint density at radius 3 is 2.28 bits per heavy atom. The Morgan fingerprint density at radius 1 is 1.04 bits per heavy atom. The molecule has 1 saturated heterocycles. The molecule has 1 aliphatic heterocycles. The van der Waals surface area contributed by atoms with E-state index in [0.717, 1.165) is 25.2 Å². The summed E-state index contributed by atoms with van der Waals surface area (Å²) in [5, 5.41) is 17.8. The summed E-state index contributed by atoms with van der Waals surface area (Å²) >= 11 is 0. The summed E-state index contributed by atoms with van der Waals surface area (Å²) in [4.78, 5) is 43.0. The molecule has 3 aromatic rings. The number of ether oxygens (including phenoxy) is 4. The van der Waals surface area contributed by atoms with Gasteiger partial charge in [0.05, 0.1) is 30.7 Å². The van der Waals surface area contributed by atoms with E-state index in [2.05, 4.69) is 21.2 Å². The second-order valence-corrected chi connectivity index (χ2v) is 16.2. The van der Waals surface area contributed by atoms with Crippen molar-refractivity contribution in [1.29, 1.82) is 5.26 Å². The number of hydrogen-bond donors (Lipinski definition) is 2. The first kappa shape index (κ1) is 38.2. The molecule has 0 radical (unpaired) electrons. The predicted molar refractivity (Wildman–Crippen MR) is 188 cm³/mol. The van der Waals surface area contributed by atoms with Gasteiger partial charge < -0.3 is 29.2 Å². The molecule has 1 unspecified atom stereocenters. The Bertz CT molecular complexity index is 1940. The molecule has 3 N–H and O–H groups in total. The monoisotopic (exact) mass is 752 g/mol. The molecule has 2 bridgehead atoms. The number of nitriles is 1. The van der Waals surface area contributed by atoms with Crippen molar-refractivity contribution >= 4 is 37.0 Å². The van der Waals surface area contributed by atoms with Crippen LogP contribution in [0.25, 0.3) is 5.52 Å². The van der Waals surface area contributed by atoms with Crippen molar-refractivity contribution in [2.24, 2.45) is 17.8 Å². The van der Waals surface area contributed by atoms with Crippen LogP contribution in [0.2, 0.25) is 0 Å². The summed E-state index contributed by atoms with van der Waals surface area (Å²) in [5.41, 5.74) is 5.72. The third kappa shape index (κ3) is 7.23. The highest BCUT2D eigenvalue weighted by atomic mass is 31.2. The lowest BCUT2D eigenvalue weighted by Crippen LogP contribution is -2.55. The Labute approximate surface area is 307 Å². The number of esters is 3. The molecule has 284 valence electrons. The van der Waals surface area contributed by atoms with E-state index >= 15 is 0 Å². The molecule has 16 nitrogen and oxygen atoms in total. The summed E-state index contributed by atoms with van der Waals surface area (Å²) in [6, 6.07) is 11.3. The van der Waals surface area contributed by atoms with Crippen molar-refractivity contribution in [3.8, 4) is 11.8 Å². The topological polar surface area (TPSA) is 216 Å². The molecule has 3 aliphatic carbocycles. The lowest BCUT2D eigenvalue weighted by molar-refractivity contribution is -0.173. The minimum Gasteiger partial charge on any atom is -0.465 e. The Morgan fingerprint density at radius 2 is 1.70 bits per heavy atom. The third-order valence-corrected chi connectivity index (χ3v) is 11.6. The van der Waals surface area contributed by atoms with Gasteiger partial charge >= 0.3 is 25.7 Å². The fourth-order valence-electron chi connectivity index (χ4n) is 6.99. The number of anilines is 1. The smallest absolute Gasteiger partial charge is 0.459 e. The Kier molecular flexibility index (Phi) is 10.6. The van der Waals surface area contributed by atoms with Gasteiger partial charge in [-0.25, -0.2) is 14.1 Å². The van der Waals surface area contributed by atoms with Crippen molar-refractivity contribution in [1.82, 2.24) is 19.7 Å². The molecule has 3 saturated carbocycles. The van der Waals surface area contributed by atoms with Crippen LogP contribution >= 0.6 is 7.75 Å². The van der Waals surface area contributed by atoms with Crippen LogP contribution < -0.4 is 15.3 Å². The first-order valence-electron chi connectivity index (χ1n) is 17.7. The molecule has 1 aromatic carbocycles. The number of fused-ring (bicyclic) bond motifs is 1.